The lowest BCUT2D eigenvalue weighted by molar-refractivity contribution is 0.0950. The number of halogens is 1. The topological polar surface area (TPSA) is 61.4 Å². The zero-order valence-electron chi connectivity index (χ0n) is 10.8. The molecule has 0 spiro atoms. The smallest absolute Gasteiger partial charge is 0.251 e. The molecule has 0 radical (unpaired) electrons. The molecule has 0 saturated carbocycles. The normalized spacial score (nSPS) is 19.1. The molecule has 1 atom stereocenters. The number of rotatable bonds is 4. The van der Waals surface area contributed by atoms with Gasteiger partial charge in [-0.15, -0.1) is 0 Å². The Kier molecular flexibility index (Phi) is 5.45. The second-order valence-electron chi connectivity index (χ2n) is 4.92. The van der Waals surface area contributed by atoms with Crippen LogP contribution in [-0.2, 0) is 0 Å². The van der Waals surface area contributed by atoms with Crippen molar-refractivity contribution in [3.8, 4) is 5.75 Å². The molecule has 19 heavy (non-hydrogen) atoms. The lowest BCUT2D eigenvalue weighted by atomic mass is 9.96. The van der Waals surface area contributed by atoms with Crippen molar-refractivity contribution in [2.45, 2.75) is 19.3 Å². The van der Waals surface area contributed by atoms with E-state index < -0.39 is 0 Å². The van der Waals surface area contributed by atoms with E-state index in [4.69, 9.17) is 0 Å². The molecule has 1 aliphatic heterocycles. The van der Waals surface area contributed by atoms with Crippen LogP contribution in [0.3, 0.4) is 0 Å². The van der Waals surface area contributed by atoms with Gasteiger partial charge in [0, 0.05) is 12.1 Å². The van der Waals surface area contributed by atoms with E-state index in [9.17, 15) is 9.90 Å². The summed E-state index contributed by atoms with van der Waals surface area (Å²) in [5.41, 5.74) is 0.514. The summed E-state index contributed by atoms with van der Waals surface area (Å²) < 4.78 is 0.752. The minimum atomic E-state index is -0.115. The Morgan fingerprint density at radius 3 is 3.05 bits per heavy atom. The first-order valence-electron chi connectivity index (χ1n) is 6.64. The molecule has 3 N–H and O–H groups in total. The molecule has 1 unspecified atom stereocenters. The summed E-state index contributed by atoms with van der Waals surface area (Å²) in [5.74, 6) is 0.708. The van der Waals surface area contributed by atoms with Crippen molar-refractivity contribution in [2.24, 2.45) is 5.92 Å². The van der Waals surface area contributed by atoms with Crippen molar-refractivity contribution in [3.63, 3.8) is 0 Å². The van der Waals surface area contributed by atoms with E-state index in [1.807, 2.05) is 22.6 Å². The van der Waals surface area contributed by atoms with E-state index in [1.54, 1.807) is 12.1 Å². The number of phenolic OH excluding ortho intramolecular Hbond substituents is 1. The first kappa shape index (κ1) is 14.6. The molecular weight excluding hydrogens is 355 g/mol. The van der Waals surface area contributed by atoms with Crippen LogP contribution in [0.5, 0.6) is 5.75 Å². The van der Waals surface area contributed by atoms with Gasteiger partial charge in [-0.1, -0.05) is 0 Å². The molecule has 0 aliphatic carbocycles. The second-order valence-corrected chi connectivity index (χ2v) is 6.09. The van der Waals surface area contributed by atoms with Crippen molar-refractivity contribution in [2.75, 3.05) is 19.6 Å². The van der Waals surface area contributed by atoms with Crippen LogP contribution in [0.25, 0.3) is 0 Å². The fourth-order valence-electron chi connectivity index (χ4n) is 2.32. The van der Waals surface area contributed by atoms with E-state index >= 15 is 0 Å². The Hall–Kier alpha value is -0.820. The zero-order valence-corrected chi connectivity index (χ0v) is 12.9. The molecule has 0 aromatic heterocycles. The highest BCUT2D eigenvalue weighted by atomic mass is 127. The molecular formula is C14H19IN2O2. The zero-order chi connectivity index (χ0) is 13.7. The number of carbonyl (C=O) groups is 1. The number of amides is 1. The molecule has 0 bridgehead atoms. The van der Waals surface area contributed by atoms with Crippen LogP contribution in [0.2, 0.25) is 0 Å². The van der Waals surface area contributed by atoms with E-state index in [1.165, 1.54) is 18.9 Å². The third-order valence-electron chi connectivity index (χ3n) is 3.45. The number of carbonyl (C=O) groups excluding carboxylic acids is 1. The SMILES string of the molecule is O=C(NCCC1CCCNC1)c1ccc(I)c(O)c1. The Morgan fingerprint density at radius 1 is 1.53 bits per heavy atom. The minimum Gasteiger partial charge on any atom is -0.507 e. The van der Waals surface area contributed by atoms with Gasteiger partial charge in [0.25, 0.3) is 5.91 Å². The summed E-state index contributed by atoms with van der Waals surface area (Å²) in [7, 11) is 0. The lowest BCUT2D eigenvalue weighted by Gasteiger charge is -2.22. The maximum absolute atomic E-state index is 11.9. The summed E-state index contributed by atoms with van der Waals surface area (Å²) in [5, 5.41) is 15.9. The van der Waals surface area contributed by atoms with Crippen molar-refractivity contribution >= 4 is 28.5 Å². The first-order valence-corrected chi connectivity index (χ1v) is 7.72. The van der Waals surface area contributed by atoms with Gasteiger partial charge >= 0.3 is 0 Å². The average Bonchev–Trinajstić information content (AvgIpc) is 2.43. The van der Waals surface area contributed by atoms with Crippen molar-refractivity contribution in [1.29, 1.82) is 0 Å². The maximum Gasteiger partial charge on any atom is 0.251 e. The van der Waals surface area contributed by atoms with Gasteiger partial charge in [-0.3, -0.25) is 4.79 Å². The number of piperidine rings is 1. The van der Waals surface area contributed by atoms with Gasteiger partial charge in [0.2, 0.25) is 0 Å². The Bertz CT molecular complexity index is 445. The van der Waals surface area contributed by atoms with Crippen LogP contribution in [-0.4, -0.2) is 30.6 Å². The standard InChI is InChI=1S/C14H19IN2O2/c15-12-4-3-11(8-13(12)18)14(19)17-7-5-10-2-1-6-16-9-10/h3-4,8,10,16,18H,1-2,5-7,9H2,(H,17,19). The number of aromatic hydroxyl groups is 1. The van der Waals surface area contributed by atoms with Crippen LogP contribution in [0.1, 0.15) is 29.6 Å². The first-order chi connectivity index (χ1) is 9.16. The molecule has 4 nitrogen and oxygen atoms in total. The summed E-state index contributed by atoms with van der Waals surface area (Å²) in [6, 6.07) is 4.99. The molecule has 1 aromatic rings. The van der Waals surface area contributed by atoms with Gasteiger partial charge < -0.3 is 15.7 Å². The second kappa shape index (κ2) is 7.09. The summed E-state index contributed by atoms with van der Waals surface area (Å²) in [4.78, 5) is 11.9. The number of hydrogen-bond donors (Lipinski definition) is 3. The van der Waals surface area contributed by atoms with E-state index in [2.05, 4.69) is 10.6 Å². The molecule has 1 saturated heterocycles. The van der Waals surface area contributed by atoms with Gasteiger partial charge in [0.15, 0.2) is 0 Å². The van der Waals surface area contributed by atoms with Crippen LogP contribution in [0, 0.1) is 9.49 Å². The maximum atomic E-state index is 11.9. The van der Waals surface area contributed by atoms with Crippen molar-refractivity contribution in [1.82, 2.24) is 10.6 Å². The quantitative estimate of drug-likeness (QED) is 0.708. The van der Waals surface area contributed by atoms with Gasteiger partial charge in [-0.2, -0.15) is 0 Å². The van der Waals surface area contributed by atoms with Crippen molar-refractivity contribution < 1.29 is 9.90 Å². The van der Waals surface area contributed by atoms with Crippen LogP contribution in [0.4, 0.5) is 0 Å². The predicted octanol–water partition coefficient (Wildman–Crippen LogP) is 2.12. The lowest BCUT2D eigenvalue weighted by Crippen LogP contribution is -2.33. The Morgan fingerprint density at radius 2 is 2.37 bits per heavy atom. The molecule has 1 heterocycles. The van der Waals surface area contributed by atoms with E-state index in [-0.39, 0.29) is 11.7 Å². The van der Waals surface area contributed by atoms with Gasteiger partial charge in [-0.25, -0.2) is 0 Å². The Labute approximate surface area is 127 Å². The summed E-state index contributed by atoms with van der Waals surface area (Å²) >= 11 is 2.03. The highest BCUT2D eigenvalue weighted by Gasteiger charge is 2.13. The number of nitrogens with one attached hydrogen (secondary N) is 2. The van der Waals surface area contributed by atoms with Crippen LogP contribution < -0.4 is 10.6 Å². The number of benzene rings is 1. The van der Waals surface area contributed by atoms with Crippen LogP contribution >= 0.6 is 22.6 Å². The number of phenols is 1. The molecule has 1 aliphatic rings. The number of hydrogen-bond acceptors (Lipinski definition) is 3. The van der Waals surface area contributed by atoms with Crippen LogP contribution in [0.15, 0.2) is 18.2 Å². The summed E-state index contributed by atoms with van der Waals surface area (Å²) in [6.45, 7) is 2.86. The summed E-state index contributed by atoms with van der Waals surface area (Å²) in [6.07, 6.45) is 3.48. The predicted molar refractivity (Wildman–Crippen MR) is 83.4 cm³/mol. The van der Waals surface area contributed by atoms with Gasteiger partial charge in [-0.05, 0) is 79.1 Å². The van der Waals surface area contributed by atoms with Gasteiger partial charge in [0.1, 0.15) is 5.75 Å². The highest BCUT2D eigenvalue weighted by molar-refractivity contribution is 14.1. The minimum absolute atomic E-state index is 0.115. The molecule has 1 amide bonds. The third kappa shape index (κ3) is 4.35. The van der Waals surface area contributed by atoms with Gasteiger partial charge in [0.05, 0.1) is 3.57 Å². The molecule has 1 aromatic carbocycles. The average molecular weight is 374 g/mol. The van der Waals surface area contributed by atoms with Crippen molar-refractivity contribution in [3.05, 3.63) is 27.3 Å². The van der Waals surface area contributed by atoms with E-state index in [0.717, 1.165) is 23.1 Å². The Balaban J connectivity index is 1.78. The fraction of sp³-hybridized carbons (Fsp3) is 0.500. The molecule has 104 valence electrons. The monoisotopic (exact) mass is 374 g/mol. The molecule has 2 rings (SSSR count). The molecule has 5 heteroatoms. The fourth-order valence-corrected chi connectivity index (χ4v) is 2.65. The molecule has 1 fully saturated rings. The largest absolute Gasteiger partial charge is 0.507 e. The highest BCUT2D eigenvalue weighted by Crippen LogP contribution is 2.20. The van der Waals surface area contributed by atoms with E-state index in [0.29, 0.717) is 18.0 Å². The third-order valence-corrected chi connectivity index (χ3v) is 4.36.